The normalized spacial score (nSPS) is 13.0. The van der Waals surface area contributed by atoms with Gasteiger partial charge in [-0.15, -0.1) is 0 Å². The molecular formula is C10H16N2. The maximum absolute atomic E-state index is 6.98. The summed E-state index contributed by atoms with van der Waals surface area (Å²) in [6, 6.07) is 0. The van der Waals surface area contributed by atoms with Crippen LogP contribution in [0.25, 0.3) is 0 Å². The van der Waals surface area contributed by atoms with Crippen molar-refractivity contribution in [3.8, 4) is 0 Å². The summed E-state index contributed by atoms with van der Waals surface area (Å²) in [5.74, 6) is 0.0826. The lowest BCUT2D eigenvalue weighted by molar-refractivity contribution is 1.22. The molecule has 66 valence electrons. The van der Waals surface area contributed by atoms with E-state index < -0.39 is 0 Å². The van der Waals surface area contributed by atoms with Crippen LogP contribution in [0.5, 0.6) is 0 Å². The molecule has 0 unspecified atom stereocenters. The predicted molar refractivity (Wildman–Crippen MR) is 54.2 cm³/mol. The molecule has 12 heavy (non-hydrogen) atoms. The second kappa shape index (κ2) is 6.40. The Labute approximate surface area is 74.0 Å². The molecule has 2 heteroatoms. The van der Waals surface area contributed by atoms with Gasteiger partial charge in [0.1, 0.15) is 5.84 Å². The lowest BCUT2D eigenvalue weighted by Crippen LogP contribution is -2.04. The molecule has 0 radical (unpaired) electrons. The monoisotopic (exact) mass is 164 g/mol. The molecule has 0 atom stereocenters. The van der Waals surface area contributed by atoms with Gasteiger partial charge < -0.3 is 5.73 Å². The van der Waals surface area contributed by atoms with E-state index in [0.717, 1.165) is 12.0 Å². The lowest BCUT2D eigenvalue weighted by Gasteiger charge is -1.90. The van der Waals surface area contributed by atoms with Crippen LogP contribution in [-0.2, 0) is 0 Å². The first kappa shape index (κ1) is 10.7. The second-order valence-electron chi connectivity index (χ2n) is 2.39. The minimum absolute atomic E-state index is 0.0826. The van der Waals surface area contributed by atoms with Crippen molar-refractivity contribution in [2.24, 2.45) is 5.73 Å². The lowest BCUT2D eigenvalue weighted by atomic mass is 10.2. The molecular weight excluding hydrogens is 148 g/mol. The molecule has 0 aromatic rings. The summed E-state index contributed by atoms with van der Waals surface area (Å²) in [6.45, 7) is 4.04. The second-order valence-corrected chi connectivity index (χ2v) is 2.39. The maximum Gasteiger partial charge on any atom is 0.115 e. The van der Waals surface area contributed by atoms with Crippen molar-refractivity contribution < 1.29 is 0 Å². The Morgan fingerprint density at radius 1 is 1.33 bits per heavy atom. The summed E-state index contributed by atoms with van der Waals surface area (Å²) in [4.78, 5) is 0. The van der Waals surface area contributed by atoms with Crippen molar-refractivity contribution in [3.05, 3.63) is 36.0 Å². The molecule has 2 nitrogen and oxygen atoms in total. The number of nitrogens with two attached hydrogens (primary N) is 1. The summed E-state index contributed by atoms with van der Waals surface area (Å²) < 4.78 is 0. The summed E-state index contributed by atoms with van der Waals surface area (Å²) in [7, 11) is 0. The van der Waals surface area contributed by atoms with Gasteiger partial charge in [-0.1, -0.05) is 31.2 Å². The molecule has 0 heterocycles. The molecule has 0 saturated heterocycles. The van der Waals surface area contributed by atoms with Crippen molar-refractivity contribution in [1.82, 2.24) is 0 Å². The van der Waals surface area contributed by atoms with E-state index in [2.05, 4.69) is 13.0 Å². The van der Waals surface area contributed by atoms with E-state index in [9.17, 15) is 0 Å². The minimum atomic E-state index is 0.0826. The molecule has 0 spiro atoms. The van der Waals surface area contributed by atoms with Crippen molar-refractivity contribution in [3.63, 3.8) is 0 Å². The molecule has 0 aliphatic rings. The van der Waals surface area contributed by atoms with Gasteiger partial charge >= 0.3 is 0 Å². The van der Waals surface area contributed by atoms with Gasteiger partial charge in [0.25, 0.3) is 0 Å². The van der Waals surface area contributed by atoms with Crippen LogP contribution in [0.3, 0.4) is 0 Å². The van der Waals surface area contributed by atoms with Crippen LogP contribution >= 0.6 is 0 Å². The molecule has 0 aromatic carbocycles. The van der Waals surface area contributed by atoms with Crippen LogP contribution in [0.2, 0.25) is 0 Å². The van der Waals surface area contributed by atoms with Crippen LogP contribution in [-0.4, -0.2) is 5.84 Å². The number of rotatable bonds is 4. The average molecular weight is 164 g/mol. The van der Waals surface area contributed by atoms with E-state index in [-0.39, 0.29) is 5.84 Å². The topological polar surface area (TPSA) is 49.9 Å². The van der Waals surface area contributed by atoms with Gasteiger partial charge in [-0.2, -0.15) is 0 Å². The smallest absolute Gasteiger partial charge is 0.115 e. The first-order chi connectivity index (χ1) is 5.70. The standard InChI is InChI=1S/C10H16N2/c1-3-5-6-9(4-2)7-8-10(11)12/h4-8H,3H2,1-2H3,(H3,11,12)/b6-5-,8-7+,9-4+. The number of nitrogens with one attached hydrogen (secondary N) is 1. The highest BCUT2D eigenvalue weighted by atomic mass is 14.7. The van der Waals surface area contributed by atoms with Gasteiger partial charge in [0.05, 0.1) is 0 Å². The third-order valence-electron chi connectivity index (χ3n) is 1.33. The largest absolute Gasteiger partial charge is 0.384 e. The first-order valence-electron chi connectivity index (χ1n) is 4.05. The predicted octanol–water partition coefficient (Wildman–Crippen LogP) is 2.39. The highest BCUT2D eigenvalue weighted by molar-refractivity contribution is 5.88. The van der Waals surface area contributed by atoms with E-state index in [4.69, 9.17) is 11.1 Å². The number of allylic oxidation sites excluding steroid dienone is 5. The zero-order valence-corrected chi connectivity index (χ0v) is 7.67. The van der Waals surface area contributed by atoms with Crippen LogP contribution in [0, 0.1) is 5.41 Å². The number of hydrogen-bond donors (Lipinski definition) is 2. The molecule has 0 aliphatic heterocycles. The third kappa shape index (κ3) is 5.47. The molecule has 0 aliphatic carbocycles. The SMILES string of the molecule is C/C=C(\C=C/CC)/C=C/C(=N)N. The van der Waals surface area contributed by atoms with Crippen LogP contribution in [0.15, 0.2) is 36.0 Å². The highest BCUT2D eigenvalue weighted by Gasteiger charge is 1.82. The van der Waals surface area contributed by atoms with Gasteiger partial charge in [0.2, 0.25) is 0 Å². The van der Waals surface area contributed by atoms with Gasteiger partial charge in [-0.25, -0.2) is 0 Å². The fraction of sp³-hybridized carbons (Fsp3) is 0.300. The van der Waals surface area contributed by atoms with E-state index >= 15 is 0 Å². The molecule has 3 N–H and O–H groups in total. The molecule has 0 saturated carbocycles. The Morgan fingerprint density at radius 3 is 2.42 bits per heavy atom. The maximum atomic E-state index is 6.98. The fourth-order valence-electron chi connectivity index (χ4n) is 0.688. The Kier molecular flexibility index (Phi) is 5.70. The number of hydrogen-bond acceptors (Lipinski definition) is 1. The van der Waals surface area contributed by atoms with Crippen molar-refractivity contribution in [1.29, 1.82) is 5.41 Å². The molecule has 0 rings (SSSR count). The van der Waals surface area contributed by atoms with Crippen molar-refractivity contribution >= 4 is 5.84 Å². The van der Waals surface area contributed by atoms with Gasteiger partial charge in [0.15, 0.2) is 0 Å². The Bertz CT molecular complexity index is 222. The molecule has 0 amide bonds. The third-order valence-corrected chi connectivity index (χ3v) is 1.33. The Morgan fingerprint density at radius 2 is 2.00 bits per heavy atom. The zero-order valence-electron chi connectivity index (χ0n) is 7.67. The van der Waals surface area contributed by atoms with E-state index in [1.165, 1.54) is 0 Å². The van der Waals surface area contributed by atoms with Gasteiger partial charge in [-0.05, 0) is 25.0 Å². The van der Waals surface area contributed by atoms with Crippen LogP contribution in [0.1, 0.15) is 20.3 Å². The summed E-state index contributed by atoms with van der Waals surface area (Å²) >= 11 is 0. The molecule has 0 aromatic heterocycles. The van der Waals surface area contributed by atoms with E-state index in [1.54, 1.807) is 6.08 Å². The van der Waals surface area contributed by atoms with Crippen molar-refractivity contribution in [2.75, 3.05) is 0 Å². The molecule has 0 bridgehead atoms. The zero-order chi connectivity index (χ0) is 9.40. The quantitative estimate of drug-likeness (QED) is 0.374. The highest BCUT2D eigenvalue weighted by Crippen LogP contribution is 1.99. The van der Waals surface area contributed by atoms with E-state index in [0.29, 0.717) is 0 Å². The molecule has 0 fully saturated rings. The van der Waals surface area contributed by atoms with Crippen LogP contribution in [0.4, 0.5) is 0 Å². The van der Waals surface area contributed by atoms with Crippen LogP contribution < -0.4 is 5.73 Å². The van der Waals surface area contributed by atoms with Gasteiger partial charge in [0, 0.05) is 0 Å². The fourth-order valence-corrected chi connectivity index (χ4v) is 0.688. The minimum Gasteiger partial charge on any atom is -0.384 e. The average Bonchev–Trinajstić information content (AvgIpc) is 2.05. The summed E-state index contributed by atoms with van der Waals surface area (Å²) in [6.07, 6.45) is 10.5. The Hall–Kier alpha value is -1.31. The Balaban J connectivity index is 4.20. The first-order valence-corrected chi connectivity index (χ1v) is 4.05. The summed E-state index contributed by atoms with van der Waals surface area (Å²) in [5, 5.41) is 6.98. The number of amidine groups is 1. The van der Waals surface area contributed by atoms with Crippen molar-refractivity contribution in [2.45, 2.75) is 20.3 Å². The summed E-state index contributed by atoms with van der Waals surface area (Å²) in [5.41, 5.74) is 6.25. The van der Waals surface area contributed by atoms with E-state index in [1.807, 2.05) is 25.2 Å². The van der Waals surface area contributed by atoms with Gasteiger partial charge in [-0.3, -0.25) is 5.41 Å².